The zero-order chi connectivity index (χ0) is 20.4. The van der Waals surface area contributed by atoms with E-state index >= 15 is 0 Å². The summed E-state index contributed by atoms with van der Waals surface area (Å²) in [6, 6.07) is 13.1. The molecule has 4 rings (SSSR count). The smallest absolute Gasteiger partial charge is 0.317 e. The fourth-order valence-electron chi connectivity index (χ4n) is 3.78. The van der Waals surface area contributed by atoms with Crippen LogP contribution >= 0.6 is 11.6 Å². The summed E-state index contributed by atoms with van der Waals surface area (Å²) in [6.45, 7) is 3.03. The number of carbonyl (C=O) groups is 2. The maximum absolute atomic E-state index is 13.1. The van der Waals surface area contributed by atoms with Gasteiger partial charge in [-0.3, -0.25) is 4.79 Å². The highest BCUT2D eigenvalue weighted by atomic mass is 35.5. The summed E-state index contributed by atoms with van der Waals surface area (Å²) in [5.41, 5.74) is 1.69. The first-order chi connectivity index (χ1) is 14.0. The van der Waals surface area contributed by atoms with Gasteiger partial charge < -0.3 is 20.0 Å². The lowest BCUT2D eigenvalue weighted by Gasteiger charge is -2.36. The Hall–Kier alpha value is -2.80. The van der Waals surface area contributed by atoms with Gasteiger partial charge in [0.25, 0.3) is 0 Å². The van der Waals surface area contributed by atoms with Crippen LogP contribution in [0.4, 0.5) is 20.6 Å². The van der Waals surface area contributed by atoms with Crippen molar-refractivity contribution < 1.29 is 14.0 Å². The van der Waals surface area contributed by atoms with Crippen molar-refractivity contribution in [1.29, 1.82) is 0 Å². The van der Waals surface area contributed by atoms with E-state index in [1.807, 2.05) is 24.3 Å². The van der Waals surface area contributed by atoms with Crippen molar-refractivity contribution in [2.45, 2.75) is 12.5 Å². The normalized spacial score (nSPS) is 19.6. The van der Waals surface area contributed by atoms with E-state index in [2.05, 4.69) is 10.2 Å². The summed E-state index contributed by atoms with van der Waals surface area (Å²) in [6.07, 6.45) is 0.242. The van der Waals surface area contributed by atoms with Gasteiger partial charge >= 0.3 is 6.03 Å². The number of hydrogen-bond acceptors (Lipinski definition) is 3. The van der Waals surface area contributed by atoms with Crippen molar-refractivity contribution >= 4 is 34.9 Å². The van der Waals surface area contributed by atoms with Gasteiger partial charge in [0.05, 0.1) is 6.04 Å². The van der Waals surface area contributed by atoms with E-state index in [4.69, 9.17) is 11.6 Å². The number of nitrogens with zero attached hydrogens (tertiary/aromatic N) is 3. The zero-order valence-corrected chi connectivity index (χ0v) is 16.6. The van der Waals surface area contributed by atoms with E-state index < -0.39 is 0 Å². The number of carbonyl (C=O) groups excluding carboxylic acids is 2. The Bertz CT molecular complexity index is 900. The molecule has 152 valence electrons. The number of rotatable bonds is 3. The molecule has 2 aromatic rings. The van der Waals surface area contributed by atoms with E-state index in [1.54, 1.807) is 21.9 Å². The fraction of sp³-hybridized carbons (Fsp3) is 0.333. The molecule has 1 N–H and O–H groups in total. The second-order valence-corrected chi connectivity index (χ2v) is 7.72. The molecular weight excluding hydrogens is 395 g/mol. The van der Waals surface area contributed by atoms with Crippen LogP contribution in [0.2, 0.25) is 5.02 Å². The van der Waals surface area contributed by atoms with Gasteiger partial charge in [0.1, 0.15) is 5.82 Å². The quantitative estimate of drug-likeness (QED) is 0.836. The molecule has 3 amide bonds. The average molecular weight is 417 g/mol. The number of nitrogens with one attached hydrogen (secondary N) is 1. The van der Waals surface area contributed by atoms with E-state index in [0.717, 1.165) is 18.8 Å². The van der Waals surface area contributed by atoms with Crippen LogP contribution in [0, 0.1) is 5.82 Å². The number of benzene rings is 2. The second kappa shape index (κ2) is 8.29. The lowest BCUT2D eigenvalue weighted by Crippen LogP contribution is -2.53. The highest BCUT2D eigenvalue weighted by Gasteiger charge is 2.33. The Kier molecular flexibility index (Phi) is 5.58. The van der Waals surface area contributed by atoms with Crippen LogP contribution in [0.25, 0.3) is 0 Å². The minimum absolute atomic E-state index is 0.0762. The molecule has 2 saturated heterocycles. The number of hydrogen-bond donors (Lipinski definition) is 1. The molecule has 2 fully saturated rings. The van der Waals surface area contributed by atoms with Crippen molar-refractivity contribution in [2.75, 3.05) is 42.5 Å². The molecule has 2 heterocycles. The van der Waals surface area contributed by atoms with E-state index in [9.17, 15) is 14.0 Å². The monoisotopic (exact) mass is 416 g/mol. The van der Waals surface area contributed by atoms with Crippen LogP contribution in [0.1, 0.15) is 6.42 Å². The van der Waals surface area contributed by atoms with E-state index in [0.29, 0.717) is 30.3 Å². The van der Waals surface area contributed by atoms with Crippen LogP contribution in [0.3, 0.4) is 0 Å². The highest BCUT2D eigenvalue weighted by molar-refractivity contribution is 6.30. The van der Waals surface area contributed by atoms with Gasteiger partial charge in [0, 0.05) is 55.5 Å². The second-order valence-electron chi connectivity index (χ2n) is 7.29. The Balaban J connectivity index is 1.30. The molecule has 0 radical (unpaired) electrons. The van der Waals surface area contributed by atoms with E-state index in [1.165, 1.54) is 12.1 Å². The predicted octanol–water partition coefficient (Wildman–Crippen LogP) is 3.12. The number of halogens is 2. The van der Waals surface area contributed by atoms with Crippen molar-refractivity contribution in [2.24, 2.45) is 0 Å². The van der Waals surface area contributed by atoms with Crippen LogP contribution in [0.15, 0.2) is 48.5 Å². The van der Waals surface area contributed by atoms with Gasteiger partial charge in [-0.15, -0.1) is 0 Å². The molecule has 0 bridgehead atoms. The molecule has 8 heteroatoms. The number of piperazine rings is 1. The molecule has 29 heavy (non-hydrogen) atoms. The predicted molar refractivity (Wildman–Crippen MR) is 111 cm³/mol. The Morgan fingerprint density at radius 2 is 1.76 bits per heavy atom. The number of anilines is 2. The molecule has 0 saturated carbocycles. The highest BCUT2D eigenvalue weighted by Crippen LogP contribution is 2.23. The summed E-state index contributed by atoms with van der Waals surface area (Å²) < 4.78 is 13.1. The Morgan fingerprint density at radius 3 is 2.45 bits per heavy atom. The summed E-state index contributed by atoms with van der Waals surface area (Å²) in [7, 11) is 0. The minimum atomic E-state index is -0.345. The Morgan fingerprint density at radius 1 is 1.03 bits per heavy atom. The average Bonchev–Trinajstić information content (AvgIpc) is 3.08. The first-order valence-electron chi connectivity index (χ1n) is 9.61. The molecule has 0 aromatic heterocycles. The first kappa shape index (κ1) is 19.5. The molecule has 2 aliphatic rings. The topological polar surface area (TPSA) is 55.9 Å². The number of urea groups is 1. The largest absolute Gasteiger partial charge is 0.368 e. The molecule has 6 nitrogen and oxygen atoms in total. The maximum atomic E-state index is 13.1. The van der Waals surface area contributed by atoms with Gasteiger partial charge in [-0.25, -0.2) is 9.18 Å². The minimum Gasteiger partial charge on any atom is -0.368 e. The molecule has 1 atom stereocenters. The lowest BCUT2D eigenvalue weighted by molar-refractivity contribution is -0.117. The third kappa shape index (κ3) is 4.45. The summed E-state index contributed by atoms with van der Waals surface area (Å²) in [5, 5.41) is 3.66. The van der Waals surface area contributed by atoms with Crippen LogP contribution in [-0.4, -0.2) is 55.6 Å². The number of amides is 3. The summed E-state index contributed by atoms with van der Waals surface area (Å²) >= 11 is 6.06. The maximum Gasteiger partial charge on any atom is 0.317 e. The fourth-order valence-corrected chi connectivity index (χ4v) is 3.97. The molecule has 2 aromatic carbocycles. The van der Waals surface area contributed by atoms with Gasteiger partial charge in [0.2, 0.25) is 5.91 Å². The standard InChI is InChI=1S/C21H22ClFN4O2/c22-15-2-1-3-19(12-15)25-8-10-26(11-9-25)21(29)24-17-13-20(28)27(14-17)18-6-4-16(23)5-7-18/h1-7,12,17H,8-11,13-14H2,(H,24,29)/t17-/m0/s1. The van der Waals surface area contributed by atoms with Crippen LogP contribution in [0.5, 0.6) is 0 Å². The van der Waals surface area contributed by atoms with Gasteiger partial charge in [-0.05, 0) is 42.5 Å². The SMILES string of the molecule is O=C(N[C@H]1CC(=O)N(c2ccc(F)cc2)C1)N1CCN(c2cccc(Cl)c2)CC1. The zero-order valence-electron chi connectivity index (χ0n) is 15.9. The molecule has 0 aliphatic carbocycles. The first-order valence-corrected chi connectivity index (χ1v) is 9.99. The van der Waals surface area contributed by atoms with Crippen molar-refractivity contribution in [1.82, 2.24) is 10.2 Å². The van der Waals surface area contributed by atoms with Crippen molar-refractivity contribution in [3.05, 3.63) is 59.4 Å². The molecule has 0 spiro atoms. The van der Waals surface area contributed by atoms with Gasteiger partial charge in [-0.1, -0.05) is 17.7 Å². The van der Waals surface area contributed by atoms with Crippen LogP contribution in [-0.2, 0) is 4.79 Å². The van der Waals surface area contributed by atoms with E-state index in [-0.39, 0.29) is 30.2 Å². The lowest BCUT2D eigenvalue weighted by atomic mass is 10.2. The molecular formula is C21H22ClFN4O2. The van der Waals surface area contributed by atoms with Crippen molar-refractivity contribution in [3.63, 3.8) is 0 Å². The van der Waals surface area contributed by atoms with Gasteiger partial charge in [0.15, 0.2) is 0 Å². The summed E-state index contributed by atoms with van der Waals surface area (Å²) in [5.74, 6) is -0.421. The third-order valence-electron chi connectivity index (χ3n) is 5.33. The van der Waals surface area contributed by atoms with Crippen LogP contribution < -0.4 is 15.1 Å². The van der Waals surface area contributed by atoms with Crippen molar-refractivity contribution in [3.8, 4) is 0 Å². The molecule has 0 unspecified atom stereocenters. The third-order valence-corrected chi connectivity index (χ3v) is 5.57. The molecule has 2 aliphatic heterocycles. The summed E-state index contributed by atoms with van der Waals surface area (Å²) in [4.78, 5) is 30.5. The van der Waals surface area contributed by atoms with Gasteiger partial charge in [-0.2, -0.15) is 0 Å². The Labute approximate surface area is 173 Å².